The summed E-state index contributed by atoms with van der Waals surface area (Å²) in [4.78, 5) is 38.3. The zero-order valence-corrected chi connectivity index (χ0v) is 14.1. The minimum Gasteiger partial charge on any atom is -0.443 e. The maximum atomic E-state index is 13.0. The summed E-state index contributed by atoms with van der Waals surface area (Å²) < 4.78 is 11.0. The summed E-state index contributed by atoms with van der Waals surface area (Å²) in [6, 6.07) is 8.60. The molecule has 2 aliphatic heterocycles. The van der Waals surface area contributed by atoms with Gasteiger partial charge in [0.15, 0.2) is 11.4 Å². The summed E-state index contributed by atoms with van der Waals surface area (Å²) in [5.41, 5.74) is 1.06. The van der Waals surface area contributed by atoms with E-state index in [9.17, 15) is 14.4 Å². The highest BCUT2D eigenvalue weighted by Gasteiger charge is 2.55. The van der Waals surface area contributed by atoms with Gasteiger partial charge in [0.25, 0.3) is 0 Å². The van der Waals surface area contributed by atoms with Crippen LogP contribution >= 0.6 is 0 Å². The minimum atomic E-state index is -1.39. The molecule has 128 valence electrons. The van der Waals surface area contributed by atoms with Crippen LogP contribution in [0.4, 0.5) is 0 Å². The number of benzene rings is 1. The first kappa shape index (κ1) is 16.0. The topological polar surface area (TPSA) is 69.7 Å². The zero-order valence-electron chi connectivity index (χ0n) is 14.1. The summed E-state index contributed by atoms with van der Waals surface area (Å²) in [5, 5.41) is 0. The van der Waals surface area contributed by atoms with Gasteiger partial charge in [-0.1, -0.05) is 35.9 Å². The number of carbonyl (C=O) groups excluding carboxylic acids is 3. The second kappa shape index (κ2) is 5.49. The number of rotatable bonds is 2. The minimum absolute atomic E-state index is 0.00717. The van der Waals surface area contributed by atoms with Gasteiger partial charge in [0, 0.05) is 16.7 Å². The Labute approximate surface area is 145 Å². The monoisotopic (exact) mass is 338 g/mol. The van der Waals surface area contributed by atoms with Crippen LogP contribution < -0.4 is 0 Å². The lowest BCUT2D eigenvalue weighted by molar-refractivity contribution is -0.153. The molecule has 1 aromatic rings. The van der Waals surface area contributed by atoms with Crippen molar-refractivity contribution in [1.29, 1.82) is 0 Å². The molecule has 1 aliphatic carbocycles. The normalized spacial score (nSPS) is 28.6. The Morgan fingerprint density at radius 3 is 2.64 bits per heavy atom. The van der Waals surface area contributed by atoms with Crippen molar-refractivity contribution in [1.82, 2.24) is 0 Å². The molecule has 5 heteroatoms. The van der Waals surface area contributed by atoms with Gasteiger partial charge in [0.2, 0.25) is 5.78 Å². The molecule has 0 N–H and O–H groups in total. The van der Waals surface area contributed by atoms with Crippen LogP contribution in [0.25, 0.3) is 0 Å². The summed E-state index contributed by atoms with van der Waals surface area (Å²) in [5.74, 6) is -1.37. The third-order valence-corrected chi connectivity index (χ3v) is 5.21. The number of hydrogen-bond donors (Lipinski definition) is 0. The Morgan fingerprint density at radius 2 is 1.92 bits per heavy atom. The Hall–Kier alpha value is -2.53. The highest BCUT2D eigenvalue weighted by Crippen LogP contribution is 2.46. The fraction of sp³-hybridized carbons (Fsp3) is 0.350. The first-order chi connectivity index (χ1) is 11.9. The summed E-state index contributed by atoms with van der Waals surface area (Å²) in [7, 11) is 0. The lowest BCUT2D eigenvalue weighted by atomic mass is 9.73. The van der Waals surface area contributed by atoms with Crippen LogP contribution in [0.15, 0.2) is 52.6 Å². The van der Waals surface area contributed by atoms with Crippen LogP contribution in [0.2, 0.25) is 0 Å². The van der Waals surface area contributed by atoms with E-state index in [0.29, 0.717) is 29.6 Å². The number of esters is 1. The third-order valence-electron chi connectivity index (χ3n) is 5.21. The third kappa shape index (κ3) is 2.30. The second-order valence-corrected chi connectivity index (χ2v) is 6.89. The van der Waals surface area contributed by atoms with Gasteiger partial charge >= 0.3 is 5.97 Å². The number of carbonyl (C=O) groups is 3. The molecule has 4 rings (SSSR count). The number of Topliss-reactive ketones (excluding diaryl/α,β-unsaturated/α-hetero) is 2. The van der Waals surface area contributed by atoms with E-state index in [0.717, 1.165) is 5.57 Å². The average molecular weight is 338 g/mol. The summed E-state index contributed by atoms with van der Waals surface area (Å²) in [6.07, 6.45) is 1.05. The molecule has 5 nitrogen and oxygen atoms in total. The molecule has 0 saturated carbocycles. The first-order valence-corrected chi connectivity index (χ1v) is 8.36. The van der Waals surface area contributed by atoms with Gasteiger partial charge in [-0.2, -0.15) is 0 Å². The largest absolute Gasteiger partial charge is 0.443 e. The van der Waals surface area contributed by atoms with Crippen molar-refractivity contribution in [3.05, 3.63) is 58.2 Å². The lowest BCUT2D eigenvalue weighted by Gasteiger charge is -2.36. The standard InChI is InChI=1S/C20H18O5/c1-11-8-13-9-15-16(17(21)12-6-4-3-5-7-12)19(23)25-20(15,2)18(22)14(13)10-24-11/h3-7,11H,8-10H2,1-2H3. The van der Waals surface area contributed by atoms with Crippen molar-refractivity contribution in [3.63, 3.8) is 0 Å². The van der Waals surface area contributed by atoms with Crippen LogP contribution in [0.1, 0.15) is 37.0 Å². The highest BCUT2D eigenvalue weighted by atomic mass is 16.6. The van der Waals surface area contributed by atoms with Crippen molar-refractivity contribution in [2.24, 2.45) is 0 Å². The van der Waals surface area contributed by atoms with E-state index in [1.807, 2.05) is 6.92 Å². The lowest BCUT2D eigenvalue weighted by Crippen LogP contribution is -2.45. The predicted molar refractivity (Wildman–Crippen MR) is 89.0 cm³/mol. The molecule has 0 aromatic heterocycles. The van der Waals surface area contributed by atoms with Gasteiger partial charge < -0.3 is 9.47 Å². The Balaban J connectivity index is 1.84. The molecule has 1 aromatic carbocycles. The molecule has 25 heavy (non-hydrogen) atoms. The Kier molecular flexibility index (Phi) is 3.51. The molecule has 2 atom stereocenters. The molecule has 0 saturated heterocycles. The van der Waals surface area contributed by atoms with Crippen molar-refractivity contribution in [2.75, 3.05) is 6.61 Å². The molecule has 2 heterocycles. The molecule has 0 fully saturated rings. The van der Waals surface area contributed by atoms with Crippen molar-refractivity contribution < 1.29 is 23.9 Å². The molecule has 2 unspecified atom stereocenters. The molecule has 0 bridgehead atoms. The van der Waals surface area contributed by atoms with E-state index < -0.39 is 11.6 Å². The quantitative estimate of drug-likeness (QED) is 0.471. The van der Waals surface area contributed by atoms with Crippen LogP contribution in [0, 0.1) is 0 Å². The van der Waals surface area contributed by atoms with E-state index in [1.165, 1.54) is 0 Å². The van der Waals surface area contributed by atoms with Crippen LogP contribution in [0.3, 0.4) is 0 Å². The number of ketones is 2. The van der Waals surface area contributed by atoms with Crippen molar-refractivity contribution in [3.8, 4) is 0 Å². The van der Waals surface area contributed by atoms with E-state index in [2.05, 4.69) is 0 Å². The first-order valence-electron chi connectivity index (χ1n) is 8.36. The van der Waals surface area contributed by atoms with Gasteiger partial charge in [0.1, 0.15) is 5.57 Å². The van der Waals surface area contributed by atoms with Gasteiger partial charge in [-0.3, -0.25) is 9.59 Å². The fourth-order valence-electron chi connectivity index (χ4n) is 3.83. The molecular formula is C20H18O5. The number of ether oxygens (including phenoxy) is 2. The molecule has 3 aliphatic rings. The van der Waals surface area contributed by atoms with Crippen molar-refractivity contribution in [2.45, 2.75) is 38.4 Å². The highest BCUT2D eigenvalue weighted by molar-refractivity contribution is 6.28. The molecular weight excluding hydrogens is 320 g/mol. The maximum Gasteiger partial charge on any atom is 0.343 e. The Morgan fingerprint density at radius 1 is 1.20 bits per heavy atom. The number of hydrogen-bond acceptors (Lipinski definition) is 5. The smallest absolute Gasteiger partial charge is 0.343 e. The molecule has 0 radical (unpaired) electrons. The fourth-order valence-corrected chi connectivity index (χ4v) is 3.83. The number of fused-ring (bicyclic) bond motifs is 1. The van der Waals surface area contributed by atoms with Gasteiger partial charge in [0.05, 0.1) is 12.7 Å². The van der Waals surface area contributed by atoms with Crippen LogP contribution in [-0.4, -0.2) is 35.8 Å². The average Bonchev–Trinajstić information content (AvgIpc) is 2.86. The second-order valence-electron chi connectivity index (χ2n) is 6.89. The predicted octanol–water partition coefficient (Wildman–Crippen LogP) is 2.56. The zero-order chi connectivity index (χ0) is 17.8. The van der Waals surface area contributed by atoms with Gasteiger partial charge in [-0.25, -0.2) is 4.79 Å². The summed E-state index contributed by atoms with van der Waals surface area (Å²) in [6.45, 7) is 3.76. The molecule has 0 spiro atoms. The van der Waals surface area contributed by atoms with Gasteiger partial charge in [-0.05, 0) is 26.7 Å². The van der Waals surface area contributed by atoms with E-state index in [-0.39, 0.29) is 29.9 Å². The SMILES string of the molecule is CC1CC2=C(CO1)C(=O)C1(C)OC(=O)C(C(=O)c3ccccc3)=C1C2. The summed E-state index contributed by atoms with van der Waals surface area (Å²) >= 11 is 0. The van der Waals surface area contributed by atoms with E-state index in [1.54, 1.807) is 37.3 Å². The van der Waals surface area contributed by atoms with Crippen LogP contribution in [0.5, 0.6) is 0 Å². The van der Waals surface area contributed by atoms with E-state index >= 15 is 0 Å². The maximum absolute atomic E-state index is 13.0. The Bertz CT molecular complexity index is 861. The van der Waals surface area contributed by atoms with Gasteiger partial charge in [-0.15, -0.1) is 0 Å². The van der Waals surface area contributed by atoms with Crippen LogP contribution in [-0.2, 0) is 19.1 Å². The van der Waals surface area contributed by atoms with E-state index in [4.69, 9.17) is 9.47 Å². The molecule has 0 amide bonds. The van der Waals surface area contributed by atoms with Crippen molar-refractivity contribution >= 4 is 17.5 Å².